The molecule has 3 aliphatic rings. The fraction of sp³-hybridized carbons (Fsp3) is 0.818. The third-order valence-corrected chi connectivity index (χ3v) is 5.97. The van der Waals surface area contributed by atoms with Gasteiger partial charge in [-0.15, -0.1) is 0 Å². The molecule has 0 aromatic heterocycles. The maximum absolute atomic E-state index is 13.1. The van der Waals surface area contributed by atoms with Gasteiger partial charge in [0.05, 0.1) is 6.04 Å². The molecule has 0 aromatic carbocycles. The van der Waals surface area contributed by atoms with Crippen LogP contribution in [0.25, 0.3) is 0 Å². The van der Waals surface area contributed by atoms with Gasteiger partial charge in [-0.05, 0) is 47.0 Å². The first-order chi connectivity index (χ1) is 13.0. The molecule has 28 heavy (non-hydrogen) atoms. The van der Waals surface area contributed by atoms with Gasteiger partial charge in [0.25, 0.3) is 0 Å². The van der Waals surface area contributed by atoms with Crippen LogP contribution in [-0.4, -0.2) is 46.5 Å². The van der Waals surface area contributed by atoms with Gasteiger partial charge in [-0.3, -0.25) is 4.90 Å². The summed E-state index contributed by atoms with van der Waals surface area (Å²) in [7, 11) is 0. The predicted octanol–water partition coefficient (Wildman–Crippen LogP) is 4.57. The third-order valence-electron chi connectivity index (χ3n) is 5.97. The summed E-state index contributed by atoms with van der Waals surface area (Å²) in [6.45, 7) is 13.2. The molecule has 0 spiro atoms. The minimum Gasteiger partial charge on any atom is -0.456 e. The highest BCUT2D eigenvalue weighted by Crippen LogP contribution is 2.42. The van der Waals surface area contributed by atoms with Crippen molar-refractivity contribution in [3.8, 4) is 0 Å². The van der Waals surface area contributed by atoms with Crippen LogP contribution in [0.3, 0.4) is 0 Å². The molecule has 2 saturated heterocycles. The first-order valence-corrected chi connectivity index (χ1v) is 10.6. The van der Waals surface area contributed by atoms with Gasteiger partial charge in [-0.1, -0.05) is 38.7 Å². The van der Waals surface area contributed by atoms with E-state index >= 15 is 0 Å². The first-order valence-electron chi connectivity index (χ1n) is 10.6. The number of nitrogens with zero attached hydrogens (tertiary/aromatic N) is 1. The molecule has 3 fully saturated rings. The zero-order valence-electron chi connectivity index (χ0n) is 18.0. The summed E-state index contributed by atoms with van der Waals surface area (Å²) >= 11 is 0. The maximum Gasteiger partial charge on any atom is 0.412 e. The Morgan fingerprint density at radius 3 is 2.43 bits per heavy atom. The van der Waals surface area contributed by atoms with Gasteiger partial charge in [-0.25, -0.2) is 9.59 Å². The van der Waals surface area contributed by atoms with Crippen LogP contribution in [0.15, 0.2) is 12.2 Å². The van der Waals surface area contributed by atoms with E-state index in [-0.39, 0.29) is 24.2 Å². The molecule has 0 bridgehead atoms. The fourth-order valence-corrected chi connectivity index (χ4v) is 4.78. The van der Waals surface area contributed by atoms with E-state index in [1.54, 1.807) is 4.90 Å². The molecule has 158 valence electrons. The van der Waals surface area contributed by atoms with Gasteiger partial charge in [0.15, 0.2) is 0 Å². The van der Waals surface area contributed by atoms with E-state index in [1.165, 1.54) is 32.1 Å². The SMILES string of the molecule is C=C1CC(C2OC(C)(C)N(C(=O)OC(C)(C)C)C2CC2CCCCC2)OC1=O. The van der Waals surface area contributed by atoms with E-state index in [0.29, 0.717) is 17.9 Å². The van der Waals surface area contributed by atoms with E-state index in [0.717, 1.165) is 6.42 Å². The Kier molecular flexibility index (Phi) is 5.81. The molecule has 6 nitrogen and oxygen atoms in total. The molecular weight excluding hydrogens is 358 g/mol. The van der Waals surface area contributed by atoms with Gasteiger partial charge in [0.2, 0.25) is 0 Å². The number of ether oxygens (including phenoxy) is 3. The van der Waals surface area contributed by atoms with Crippen molar-refractivity contribution in [3.05, 3.63) is 12.2 Å². The van der Waals surface area contributed by atoms with Crippen LogP contribution in [0.2, 0.25) is 0 Å². The Hall–Kier alpha value is -1.56. The van der Waals surface area contributed by atoms with Gasteiger partial charge in [0, 0.05) is 12.0 Å². The van der Waals surface area contributed by atoms with Crippen molar-refractivity contribution in [1.82, 2.24) is 4.90 Å². The predicted molar refractivity (Wildman–Crippen MR) is 106 cm³/mol. The summed E-state index contributed by atoms with van der Waals surface area (Å²) in [5.74, 6) is 0.183. The lowest BCUT2D eigenvalue weighted by molar-refractivity contribution is -0.149. The van der Waals surface area contributed by atoms with Crippen LogP contribution in [0.5, 0.6) is 0 Å². The van der Waals surface area contributed by atoms with Crippen molar-refractivity contribution in [2.24, 2.45) is 5.92 Å². The lowest BCUT2D eigenvalue weighted by Gasteiger charge is -2.37. The van der Waals surface area contributed by atoms with E-state index < -0.39 is 17.4 Å². The van der Waals surface area contributed by atoms with E-state index in [4.69, 9.17) is 14.2 Å². The molecule has 1 saturated carbocycles. The number of hydrogen-bond acceptors (Lipinski definition) is 5. The fourth-order valence-electron chi connectivity index (χ4n) is 4.78. The molecule has 1 aliphatic carbocycles. The van der Waals surface area contributed by atoms with Crippen LogP contribution in [0, 0.1) is 5.92 Å². The molecule has 0 N–H and O–H groups in total. The number of esters is 1. The molecule has 2 heterocycles. The summed E-state index contributed by atoms with van der Waals surface area (Å²) in [5, 5.41) is 0. The Bertz CT molecular complexity index is 613. The van der Waals surface area contributed by atoms with Crippen LogP contribution < -0.4 is 0 Å². The molecule has 0 radical (unpaired) electrons. The van der Waals surface area contributed by atoms with Crippen molar-refractivity contribution in [3.63, 3.8) is 0 Å². The maximum atomic E-state index is 13.1. The average molecular weight is 394 g/mol. The molecule has 3 atom stereocenters. The Morgan fingerprint density at radius 1 is 1.25 bits per heavy atom. The van der Waals surface area contributed by atoms with Gasteiger partial charge < -0.3 is 14.2 Å². The largest absolute Gasteiger partial charge is 0.456 e. The first kappa shape index (κ1) is 21.2. The highest BCUT2D eigenvalue weighted by molar-refractivity contribution is 5.90. The summed E-state index contributed by atoms with van der Waals surface area (Å²) in [6, 6.07) is -0.184. The smallest absolute Gasteiger partial charge is 0.412 e. The van der Waals surface area contributed by atoms with Crippen molar-refractivity contribution in [2.45, 2.75) is 109 Å². The molecule has 2 aliphatic heterocycles. The lowest BCUT2D eigenvalue weighted by atomic mass is 9.82. The third kappa shape index (κ3) is 4.53. The zero-order chi connectivity index (χ0) is 20.7. The van der Waals surface area contributed by atoms with Gasteiger partial charge in [0.1, 0.15) is 23.5 Å². The number of hydrogen-bond donors (Lipinski definition) is 0. The van der Waals surface area contributed by atoms with Crippen molar-refractivity contribution >= 4 is 12.1 Å². The second kappa shape index (κ2) is 7.69. The molecule has 3 rings (SSSR count). The molecular formula is C22H35NO5. The van der Waals surface area contributed by atoms with Crippen LogP contribution in [-0.2, 0) is 19.0 Å². The van der Waals surface area contributed by atoms with Crippen molar-refractivity contribution in [1.29, 1.82) is 0 Å². The van der Waals surface area contributed by atoms with E-state index in [9.17, 15) is 9.59 Å². The standard InChI is InChI=1S/C22H35NO5/c1-14-12-17(26-19(14)24)18-16(13-15-10-8-7-9-11-15)23(22(5,6)27-18)20(25)28-21(2,3)4/h15-18H,1,7-13H2,2-6H3. The quantitative estimate of drug-likeness (QED) is 0.519. The monoisotopic (exact) mass is 393 g/mol. The van der Waals surface area contributed by atoms with Crippen molar-refractivity contribution in [2.75, 3.05) is 0 Å². The minimum atomic E-state index is -0.831. The van der Waals surface area contributed by atoms with E-state index in [2.05, 4.69) is 6.58 Å². The molecule has 1 amide bonds. The number of rotatable bonds is 3. The summed E-state index contributed by atoms with van der Waals surface area (Å²) in [5.41, 5.74) is -0.948. The van der Waals surface area contributed by atoms with Crippen molar-refractivity contribution < 1.29 is 23.8 Å². The average Bonchev–Trinajstić information content (AvgIpc) is 3.03. The topological polar surface area (TPSA) is 65.1 Å². The Morgan fingerprint density at radius 2 is 1.89 bits per heavy atom. The number of amides is 1. The number of cyclic esters (lactones) is 1. The second-order valence-corrected chi connectivity index (χ2v) is 9.94. The Labute approximate surface area is 168 Å². The molecule has 0 aromatic rings. The minimum absolute atomic E-state index is 0.184. The summed E-state index contributed by atoms with van der Waals surface area (Å²) in [6.07, 6.45) is 6.23. The lowest BCUT2D eigenvalue weighted by Crippen LogP contribution is -2.51. The summed E-state index contributed by atoms with van der Waals surface area (Å²) < 4.78 is 17.6. The normalized spacial score (nSPS) is 31.2. The Balaban J connectivity index is 1.87. The van der Waals surface area contributed by atoms with Gasteiger partial charge in [-0.2, -0.15) is 0 Å². The van der Waals surface area contributed by atoms with E-state index in [1.807, 2.05) is 34.6 Å². The van der Waals surface area contributed by atoms with Crippen LogP contribution in [0.4, 0.5) is 4.79 Å². The zero-order valence-corrected chi connectivity index (χ0v) is 18.0. The van der Waals surface area contributed by atoms with Crippen LogP contribution >= 0.6 is 0 Å². The number of carbonyl (C=O) groups excluding carboxylic acids is 2. The molecule has 6 heteroatoms. The van der Waals surface area contributed by atoms with Crippen LogP contribution in [0.1, 0.15) is 79.6 Å². The number of carbonyl (C=O) groups is 2. The second-order valence-electron chi connectivity index (χ2n) is 9.94. The highest BCUT2D eigenvalue weighted by atomic mass is 16.6. The highest BCUT2D eigenvalue weighted by Gasteiger charge is 2.55. The summed E-state index contributed by atoms with van der Waals surface area (Å²) in [4.78, 5) is 26.8. The van der Waals surface area contributed by atoms with Gasteiger partial charge >= 0.3 is 12.1 Å². The molecule has 3 unspecified atom stereocenters.